The number of Topliss-reactive ketones (excluding diaryl/α,β-unsaturated/α-hetero) is 1. The maximum absolute atomic E-state index is 13.1. The Balaban J connectivity index is 2.19. The van der Waals surface area contributed by atoms with Crippen molar-refractivity contribution < 1.29 is 14.3 Å². The van der Waals surface area contributed by atoms with Gasteiger partial charge in [-0.3, -0.25) is 9.59 Å². The fraction of sp³-hybridized carbons (Fsp3) is 0.238. The molecule has 0 bridgehead atoms. The Morgan fingerprint density at radius 2 is 1.85 bits per heavy atom. The number of aromatic nitrogens is 1. The van der Waals surface area contributed by atoms with Crippen molar-refractivity contribution in [1.82, 2.24) is 9.30 Å². The number of ketones is 1. The van der Waals surface area contributed by atoms with Gasteiger partial charge < -0.3 is 14.0 Å². The zero-order valence-corrected chi connectivity index (χ0v) is 16.3. The first kappa shape index (κ1) is 19.0. The predicted molar refractivity (Wildman–Crippen MR) is 107 cm³/mol. The predicted octanol–water partition coefficient (Wildman–Crippen LogP) is 4.32. The number of ether oxygens (including phenoxy) is 1. The largest absolute Gasteiger partial charge is 0.495 e. The van der Waals surface area contributed by atoms with Crippen LogP contribution in [0.5, 0.6) is 5.75 Å². The lowest BCUT2D eigenvalue weighted by atomic mass is 10.0. The molecule has 140 valence electrons. The van der Waals surface area contributed by atoms with Crippen LogP contribution in [0, 0.1) is 0 Å². The molecule has 0 aliphatic carbocycles. The van der Waals surface area contributed by atoms with Gasteiger partial charge in [0.05, 0.1) is 12.1 Å². The van der Waals surface area contributed by atoms with E-state index in [1.807, 2.05) is 44.2 Å². The number of pyridine rings is 1. The Kier molecular flexibility index (Phi) is 5.51. The summed E-state index contributed by atoms with van der Waals surface area (Å²) in [5, 5.41) is 0.443. The van der Waals surface area contributed by atoms with Crippen LogP contribution in [0.2, 0.25) is 5.02 Å². The van der Waals surface area contributed by atoms with Gasteiger partial charge in [-0.2, -0.15) is 0 Å². The number of rotatable bonds is 6. The van der Waals surface area contributed by atoms with Crippen LogP contribution in [0.15, 0.2) is 48.7 Å². The molecule has 6 heteroatoms. The number of benzene rings is 1. The fourth-order valence-corrected chi connectivity index (χ4v) is 3.42. The SMILES string of the molecule is CCN(CC)C(=O)C(=O)c1c(-c2ccc(OC)c(Cl)c2)cc2ccccn12. The average molecular weight is 385 g/mol. The number of nitrogens with zero attached hydrogens (tertiary/aromatic N) is 2. The van der Waals surface area contributed by atoms with Gasteiger partial charge in [-0.1, -0.05) is 23.7 Å². The summed E-state index contributed by atoms with van der Waals surface area (Å²) >= 11 is 6.28. The van der Waals surface area contributed by atoms with E-state index >= 15 is 0 Å². The molecule has 0 saturated heterocycles. The topological polar surface area (TPSA) is 51.0 Å². The van der Waals surface area contributed by atoms with E-state index in [0.29, 0.717) is 35.1 Å². The van der Waals surface area contributed by atoms with E-state index in [1.165, 1.54) is 4.90 Å². The standard InChI is InChI=1S/C21H21ClN2O3/c1-4-23(5-2)21(26)20(25)19-16(13-15-8-6-7-11-24(15)19)14-9-10-18(27-3)17(22)12-14/h6-13H,4-5H2,1-3H3. The molecule has 2 heterocycles. The Morgan fingerprint density at radius 1 is 1.11 bits per heavy atom. The Bertz CT molecular complexity index is 1010. The van der Waals surface area contributed by atoms with Crippen LogP contribution in [0.3, 0.4) is 0 Å². The molecule has 0 aliphatic rings. The van der Waals surface area contributed by atoms with Crippen molar-refractivity contribution in [1.29, 1.82) is 0 Å². The monoisotopic (exact) mass is 384 g/mol. The summed E-state index contributed by atoms with van der Waals surface area (Å²) in [6.07, 6.45) is 1.78. The van der Waals surface area contributed by atoms with Crippen LogP contribution in [0.4, 0.5) is 0 Å². The highest BCUT2D eigenvalue weighted by atomic mass is 35.5. The Hall–Kier alpha value is -2.79. The van der Waals surface area contributed by atoms with Crippen molar-refractivity contribution in [2.45, 2.75) is 13.8 Å². The molecular weight excluding hydrogens is 364 g/mol. The second kappa shape index (κ2) is 7.84. The lowest BCUT2D eigenvalue weighted by molar-refractivity contribution is -0.126. The van der Waals surface area contributed by atoms with Crippen molar-refractivity contribution in [2.75, 3.05) is 20.2 Å². The van der Waals surface area contributed by atoms with Crippen LogP contribution in [-0.2, 0) is 4.79 Å². The molecule has 3 aromatic rings. The molecule has 27 heavy (non-hydrogen) atoms. The van der Waals surface area contributed by atoms with Gasteiger partial charge in [0.2, 0.25) is 0 Å². The summed E-state index contributed by atoms with van der Waals surface area (Å²) < 4.78 is 6.95. The van der Waals surface area contributed by atoms with E-state index in [9.17, 15) is 9.59 Å². The minimum Gasteiger partial charge on any atom is -0.495 e. The number of carbonyl (C=O) groups excluding carboxylic acids is 2. The number of fused-ring (bicyclic) bond motifs is 1. The summed E-state index contributed by atoms with van der Waals surface area (Å²) in [5.74, 6) is -0.493. The fourth-order valence-electron chi connectivity index (χ4n) is 3.16. The van der Waals surface area contributed by atoms with Gasteiger partial charge in [-0.15, -0.1) is 0 Å². The van der Waals surface area contributed by atoms with Gasteiger partial charge in [-0.05, 0) is 49.7 Å². The lowest BCUT2D eigenvalue weighted by Crippen LogP contribution is -2.36. The van der Waals surface area contributed by atoms with Gasteiger partial charge >= 0.3 is 0 Å². The number of halogens is 1. The summed E-state index contributed by atoms with van der Waals surface area (Å²) in [7, 11) is 1.55. The number of amides is 1. The molecule has 1 amide bonds. The normalized spacial score (nSPS) is 10.8. The van der Waals surface area contributed by atoms with E-state index in [-0.39, 0.29) is 0 Å². The van der Waals surface area contributed by atoms with Crippen molar-refractivity contribution in [3.8, 4) is 16.9 Å². The number of hydrogen-bond donors (Lipinski definition) is 0. The van der Waals surface area contributed by atoms with Crippen molar-refractivity contribution in [3.63, 3.8) is 0 Å². The van der Waals surface area contributed by atoms with Crippen LogP contribution in [0.1, 0.15) is 24.3 Å². The molecule has 5 nitrogen and oxygen atoms in total. The molecule has 0 saturated carbocycles. The molecule has 1 aromatic carbocycles. The maximum Gasteiger partial charge on any atom is 0.296 e. The molecule has 0 radical (unpaired) electrons. The van der Waals surface area contributed by atoms with Crippen molar-refractivity contribution >= 4 is 28.8 Å². The second-order valence-electron chi connectivity index (χ2n) is 6.06. The smallest absolute Gasteiger partial charge is 0.296 e. The van der Waals surface area contributed by atoms with Gasteiger partial charge in [0.15, 0.2) is 0 Å². The van der Waals surface area contributed by atoms with Crippen molar-refractivity contribution in [3.05, 3.63) is 59.4 Å². The molecule has 3 rings (SSSR count). The Labute approximate surface area is 163 Å². The number of carbonyl (C=O) groups is 2. The molecule has 2 aromatic heterocycles. The lowest BCUT2D eigenvalue weighted by Gasteiger charge is -2.18. The van der Waals surface area contributed by atoms with Crippen LogP contribution < -0.4 is 4.74 Å². The minimum absolute atomic E-state index is 0.337. The van der Waals surface area contributed by atoms with Crippen LogP contribution >= 0.6 is 11.6 Å². The average Bonchev–Trinajstić information content (AvgIpc) is 3.07. The van der Waals surface area contributed by atoms with E-state index in [4.69, 9.17) is 16.3 Å². The van der Waals surface area contributed by atoms with Crippen LogP contribution in [0.25, 0.3) is 16.6 Å². The first-order chi connectivity index (χ1) is 13.0. The molecule has 0 unspecified atom stereocenters. The summed E-state index contributed by atoms with van der Waals surface area (Å²) in [4.78, 5) is 27.4. The number of hydrogen-bond acceptors (Lipinski definition) is 3. The molecule has 0 spiro atoms. The van der Waals surface area contributed by atoms with Gasteiger partial charge in [0.1, 0.15) is 11.4 Å². The third-order valence-corrected chi connectivity index (χ3v) is 4.90. The number of likely N-dealkylation sites (N-methyl/N-ethyl adjacent to an activating group) is 1. The van der Waals surface area contributed by atoms with E-state index in [2.05, 4.69) is 0 Å². The van der Waals surface area contributed by atoms with Gasteiger partial charge in [0.25, 0.3) is 11.7 Å². The molecule has 0 N–H and O–H groups in total. The first-order valence-corrected chi connectivity index (χ1v) is 9.17. The third kappa shape index (κ3) is 3.43. The highest BCUT2D eigenvalue weighted by Crippen LogP contribution is 2.34. The van der Waals surface area contributed by atoms with Gasteiger partial charge in [0, 0.05) is 30.4 Å². The summed E-state index contributed by atoms with van der Waals surface area (Å²) in [6, 6.07) is 12.8. The van der Waals surface area contributed by atoms with E-state index < -0.39 is 11.7 Å². The second-order valence-corrected chi connectivity index (χ2v) is 6.47. The van der Waals surface area contributed by atoms with E-state index in [0.717, 1.165) is 11.1 Å². The highest BCUT2D eigenvalue weighted by molar-refractivity contribution is 6.43. The number of methoxy groups -OCH3 is 1. The van der Waals surface area contributed by atoms with Crippen molar-refractivity contribution in [2.24, 2.45) is 0 Å². The summed E-state index contributed by atoms with van der Waals surface area (Å²) in [6.45, 7) is 4.67. The zero-order valence-electron chi connectivity index (χ0n) is 15.5. The quantitative estimate of drug-likeness (QED) is 0.469. The molecule has 0 aliphatic heterocycles. The molecule has 0 atom stereocenters. The Morgan fingerprint density at radius 3 is 2.48 bits per heavy atom. The highest BCUT2D eigenvalue weighted by Gasteiger charge is 2.27. The first-order valence-electron chi connectivity index (χ1n) is 8.79. The molecular formula is C21H21ClN2O3. The van der Waals surface area contributed by atoms with E-state index in [1.54, 1.807) is 29.8 Å². The molecule has 0 fully saturated rings. The maximum atomic E-state index is 13.1. The zero-order chi connectivity index (χ0) is 19.6. The van der Waals surface area contributed by atoms with Crippen LogP contribution in [-0.4, -0.2) is 41.2 Å². The van der Waals surface area contributed by atoms with Gasteiger partial charge in [-0.25, -0.2) is 0 Å². The minimum atomic E-state index is -0.535. The summed E-state index contributed by atoms with van der Waals surface area (Å²) in [5.41, 5.74) is 2.58. The third-order valence-electron chi connectivity index (χ3n) is 4.60.